The second-order valence-corrected chi connectivity index (χ2v) is 4.64. The number of benzene rings is 2. The van der Waals surface area contributed by atoms with Crippen LogP contribution in [0.15, 0.2) is 79.1 Å². The summed E-state index contributed by atoms with van der Waals surface area (Å²) in [5, 5.41) is 2.91. The van der Waals surface area contributed by atoms with Crippen LogP contribution in [-0.2, 0) is 0 Å². The quantitative estimate of drug-likeness (QED) is 0.784. The predicted molar refractivity (Wildman–Crippen MR) is 84.1 cm³/mol. The second-order valence-electron chi connectivity index (χ2n) is 4.64. The van der Waals surface area contributed by atoms with Gasteiger partial charge < -0.3 is 5.32 Å². The molecule has 0 aliphatic carbocycles. The first-order valence-electron chi connectivity index (χ1n) is 6.70. The maximum absolute atomic E-state index is 12.1. The molecule has 0 spiro atoms. The summed E-state index contributed by atoms with van der Waals surface area (Å²) in [5.74, 6) is -0.112. The van der Waals surface area contributed by atoms with E-state index in [1.54, 1.807) is 24.5 Å². The van der Waals surface area contributed by atoms with Gasteiger partial charge in [-0.3, -0.25) is 9.78 Å². The van der Waals surface area contributed by atoms with E-state index in [1.807, 2.05) is 54.6 Å². The van der Waals surface area contributed by atoms with Crippen LogP contribution in [-0.4, -0.2) is 10.9 Å². The molecule has 3 aromatic rings. The third-order valence-corrected chi connectivity index (χ3v) is 3.15. The summed E-state index contributed by atoms with van der Waals surface area (Å²) in [4.78, 5) is 16.3. The number of carbonyl (C=O) groups is 1. The van der Waals surface area contributed by atoms with Crippen LogP contribution in [0.4, 0.5) is 5.69 Å². The summed E-state index contributed by atoms with van der Waals surface area (Å²) in [5.41, 5.74) is 3.46. The van der Waals surface area contributed by atoms with Gasteiger partial charge in [-0.15, -0.1) is 0 Å². The van der Waals surface area contributed by atoms with Crippen molar-refractivity contribution < 1.29 is 4.79 Å². The fourth-order valence-corrected chi connectivity index (χ4v) is 2.10. The monoisotopic (exact) mass is 274 g/mol. The normalized spacial score (nSPS) is 10.1. The van der Waals surface area contributed by atoms with Crippen molar-refractivity contribution in [1.29, 1.82) is 0 Å². The van der Waals surface area contributed by atoms with Crippen molar-refractivity contribution in [3.63, 3.8) is 0 Å². The molecular formula is C18H14N2O. The molecule has 0 radical (unpaired) electrons. The van der Waals surface area contributed by atoms with Gasteiger partial charge in [-0.25, -0.2) is 0 Å². The van der Waals surface area contributed by atoms with E-state index in [-0.39, 0.29) is 5.91 Å². The number of nitrogens with one attached hydrogen (secondary N) is 1. The summed E-state index contributed by atoms with van der Waals surface area (Å²) >= 11 is 0. The fourth-order valence-electron chi connectivity index (χ4n) is 2.10. The standard InChI is InChI=1S/C18H14N2O/c21-18(14-6-2-1-3-7-14)20-17-10-4-8-15(12-17)16-9-5-11-19-13-16/h1-13H,(H,20,21). The number of hydrogen-bond acceptors (Lipinski definition) is 2. The maximum Gasteiger partial charge on any atom is 0.255 e. The number of amides is 1. The van der Waals surface area contributed by atoms with Crippen LogP contribution in [0, 0.1) is 0 Å². The lowest BCUT2D eigenvalue weighted by Crippen LogP contribution is -2.11. The first-order chi connectivity index (χ1) is 10.3. The highest BCUT2D eigenvalue weighted by Gasteiger charge is 2.06. The van der Waals surface area contributed by atoms with Crippen molar-refractivity contribution in [3.05, 3.63) is 84.7 Å². The van der Waals surface area contributed by atoms with Crippen molar-refractivity contribution in [2.75, 3.05) is 5.32 Å². The van der Waals surface area contributed by atoms with Crippen molar-refractivity contribution in [2.24, 2.45) is 0 Å². The van der Waals surface area contributed by atoms with E-state index in [9.17, 15) is 4.79 Å². The Morgan fingerprint density at radius 1 is 0.857 bits per heavy atom. The van der Waals surface area contributed by atoms with E-state index in [2.05, 4.69) is 10.3 Å². The van der Waals surface area contributed by atoms with E-state index in [0.29, 0.717) is 5.56 Å². The Morgan fingerprint density at radius 2 is 1.67 bits per heavy atom. The van der Waals surface area contributed by atoms with Gasteiger partial charge >= 0.3 is 0 Å². The Kier molecular flexibility index (Phi) is 3.74. The fraction of sp³-hybridized carbons (Fsp3) is 0. The summed E-state index contributed by atoms with van der Waals surface area (Å²) in [6.07, 6.45) is 3.54. The van der Waals surface area contributed by atoms with Gasteiger partial charge in [0, 0.05) is 29.2 Å². The molecule has 21 heavy (non-hydrogen) atoms. The Labute approximate surface area is 123 Å². The molecule has 1 heterocycles. The Bertz CT molecular complexity index is 739. The van der Waals surface area contributed by atoms with Gasteiger partial charge in [0.1, 0.15) is 0 Å². The molecular weight excluding hydrogens is 260 g/mol. The molecule has 1 N–H and O–H groups in total. The van der Waals surface area contributed by atoms with Crippen LogP contribution < -0.4 is 5.32 Å². The third kappa shape index (κ3) is 3.15. The highest BCUT2D eigenvalue weighted by Crippen LogP contribution is 2.22. The van der Waals surface area contributed by atoms with Crippen LogP contribution in [0.5, 0.6) is 0 Å². The molecule has 0 atom stereocenters. The Hall–Kier alpha value is -2.94. The van der Waals surface area contributed by atoms with Crippen molar-refractivity contribution in [3.8, 4) is 11.1 Å². The number of anilines is 1. The topological polar surface area (TPSA) is 42.0 Å². The number of carbonyl (C=O) groups excluding carboxylic acids is 1. The van der Waals surface area contributed by atoms with Crippen LogP contribution in [0.25, 0.3) is 11.1 Å². The zero-order chi connectivity index (χ0) is 14.5. The molecule has 0 fully saturated rings. The lowest BCUT2D eigenvalue weighted by molar-refractivity contribution is 0.102. The van der Waals surface area contributed by atoms with Gasteiger partial charge in [-0.05, 0) is 35.9 Å². The highest BCUT2D eigenvalue weighted by molar-refractivity contribution is 6.04. The van der Waals surface area contributed by atoms with Crippen LogP contribution >= 0.6 is 0 Å². The second kappa shape index (κ2) is 6.01. The predicted octanol–water partition coefficient (Wildman–Crippen LogP) is 4.00. The van der Waals surface area contributed by atoms with Gasteiger partial charge in [0.2, 0.25) is 0 Å². The van der Waals surface area contributed by atoms with E-state index >= 15 is 0 Å². The van der Waals surface area contributed by atoms with Crippen molar-refractivity contribution in [2.45, 2.75) is 0 Å². The average Bonchev–Trinajstić information content (AvgIpc) is 2.57. The Balaban J connectivity index is 1.83. The molecule has 0 aliphatic rings. The highest BCUT2D eigenvalue weighted by atomic mass is 16.1. The van der Waals surface area contributed by atoms with Crippen molar-refractivity contribution >= 4 is 11.6 Å². The minimum atomic E-state index is -0.112. The van der Waals surface area contributed by atoms with Gasteiger partial charge in [0.05, 0.1) is 0 Å². The van der Waals surface area contributed by atoms with E-state index in [4.69, 9.17) is 0 Å². The third-order valence-electron chi connectivity index (χ3n) is 3.15. The molecule has 102 valence electrons. The summed E-state index contributed by atoms with van der Waals surface area (Å²) in [6, 6.07) is 20.8. The number of hydrogen-bond donors (Lipinski definition) is 1. The van der Waals surface area contributed by atoms with E-state index < -0.39 is 0 Å². The number of pyridine rings is 1. The minimum Gasteiger partial charge on any atom is -0.322 e. The molecule has 3 heteroatoms. The van der Waals surface area contributed by atoms with Crippen LogP contribution in [0.2, 0.25) is 0 Å². The molecule has 2 aromatic carbocycles. The van der Waals surface area contributed by atoms with Gasteiger partial charge in [-0.2, -0.15) is 0 Å². The van der Waals surface area contributed by atoms with Gasteiger partial charge in [0.25, 0.3) is 5.91 Å². The smallest absolute Gasteiger partial charge is 0.255 e. The van der Waals surface area contributed by atoms with Crippen LogP contribution in [0.3, 0.4) is 0 Å². The summed E-state index contributed by atoms with van der Waals surface area (Å²) in [6.45, 7) is 0. The molecule has 0 aliphatic heterocycles. The zero-order valence-corrected chi connectivity index (χ0v) is 11.4. The maximum atomic E-state index is 12.1. The first-order valence-corrected chi connectivity index (χ1v) is 6.70. The molecule has 0 bridgehead atoms. The minimum absolute atomic E-state index is 0.112. The first kappa shape index (κ1) is 13.1. The molecule has 3 nitrogen and oxygen atoms in total. The summed E-state index contributed by atoms with van der Waals surface area (Å²) in [7, 11) is 0. The van der Waals surface area contributed by atoms with Gasteiger partial charge in [0.15, 0.2) is 0 Å². The molecule has 3 rings (SSSR count). The largest absolute Gasteiger partial charge is 0.322 e. The van der Waals surface area contributed by atoms with E-state index in [0.717, 1.165) is 16.8 Å². The van der Waals surface area contributed by atoms with Crippen LogP contribution in [0.1, 0.15) is 10.4 Å². The zero-order valence-electron chi connectivity index (χ0n) is 11.4. The summed E-state index contributed by atoms with van der Waals surface area (Å²) < 4.78 is 0. The lowest BCUT2D eigenvalue weighted by Gasteiger charge is -2.07. The number of nitrogens with zero attached hydrogens (tertiary/aromatic N) is 1. The molecule has 0 unspecified atom stereocenters. The van der Waals surface area contributed by atoms with E-state index in [1.165, 1.54) is 0 Å². The van der Waals surface area contributed by atoms with Gasteiger partial charge in [-0.1, -0.05) is 36.4 Å². The van der Waals surface area contributed by atoms with Crippen molar-refractivity contribution in [1.82, 2.24) is 4.98 Å². The Morgan fingerprint density at radius 3 is 2.43 bits per heavy atom. The molecule has 0 saturated carbocycles. The number of rotatable bonds is 3. The average molecular weight is 274 g/mol. The number of aromatic nitrogens is 1. The lowest BCUT2D eigenvalue weighted by atomic mass is 10.1. The molecule has 1 aromatic heterocycles. The SMILES string of the molecule is O=C(Nc1cccc(-c2cccnc2)c1)c1ccccc1. The molecule has 0 saturated heterocycles. The molecule has 1 amide bonds.